The van der Waals surface area contributed by atoms with E-state index >= 15 is 0 Å². The molecule has 1 aromatic heterocycles. The molecule has 1 saturated heterocycles. The molecule has 2 aromatic rings. The summed E-state index contributed by atoms with van der Waals surface area (Å²) in [4.78, 5) is 30.8. The predicted octanol–water partition coefficient (Wildman–Crippen LogP) is 2.86. The first-order valence-corrected chi connectivity index (χ1v) is 10.2. The van der Waals surface area contributed by atoms with Gasteiger partial charge in [-0.25, -0.2) is 4.98 Å². The van der Waals surface area contributed by atoms with Crippen LogP contribution in [0.3, 0.4) is 0 Å². The molecule has 7 nitrogen and oxygen atoms in total. The standard InChI is InChI=1S/C22H28N4O3/c1-16(26-12-10-23-15-26)13-20(27)24-18-14-22(8-7-21(28)25(2)11-9-22)29-19-6-4-3-5-17(18)19/h3-6,10,12,15-16,18H,7-9,11,13-14H2,1-2H3,(H,24,27)/t16-,18-,22+/m1/s1. The van der Waals surface area contributed by atoms with Gasteiger partial charge in [0, 0.05) is 63.3 Å². The molecule has 3 atom stereocenters. The highest BCUT2D eigenvalue weighted by atomic mass is 16.5. The molecular formula is C22H28N4O3. The fraction of sp³-hybridized carbons (Fsp3) is 0.500. The minimum absolute atomic E-state index is 0.00451. The lowest BCUT2D eigenvalue weighted by Crippen LogP contribution is -2.46. The van der Waals surface area contributed by atoms with Crippen LogP contribution in [0.25, 0.3) is 0 Å². The summed E-state index contributed by atoms with van der Waals surface area (Å²) < 4.78 is 8.38. The van der Waals surface area contributed by atoms with Crippen molar-refractivity contribution in [3.8, 4) is 5.75 Å². The van der Waals surface area contributed by atoms with Gasteiger partial charge in [0.05, 0.1) is 12.4 Å². The molecule has 154 valence electrons. The number of aromatic nitrogens is 2. The third kappa shape index (κ3) is 4.13. The number of nitrogens with one attached hydrogen (secondary N) is 1. The monoisotopic (exact) mass is 396 g/mol. The molecule has 0 bridgehead atoms. The number of carbonyl (C=O) groups is 2. The molecule has 0 unspecified atom stereocenters. The van der Waals surface area contributed by atoms with Crippen molar-refractivity contribution in [2.75, 3.05) is 13.6 Å². The van der Waals surface area contributed by atoms with Gasteiger partial charge >= 0.3 is 0 Å². The Hall–Kier alpha value is -2.83. The van der Waals surface area contributed by atoms with Crippen molar-refractivity contribution in [1.82, 2.24) is 19.8 Å². The summed E-state index contributed by atoms with van der Waals surface area (Å²) in [7, 11) is 1.84. The fourth-order valence-electron chi connectivity index (χ4n) is 4.36. The zero-order chi connectivity index (χ0) is 20.4. The van der Waals surface area contributed by atoms with E-state index in [-0.39, 0.29) is 23.9 Å². The van der Waals surface area contributed by atoms with Gasteiger partial charge in [-0.15, -0.1) is 0 Å². The first-order chi connectivity index (χ1) is 14.0. The van der Waals surface area contributed by atoms with Gasteiger partial charge in [0.15, 0.2) is 0 Å². The van der Waals surface area contributed by atoms with Crippen molar-refractivity contribution in [1.29, 1.82) is 0 Å². The molecule has 4 rings (SSSR count). The highest BCUT2D eigenvalue weighted by molar-refractivity contribution is 5.77. The number of ether oxygens (including phenoxy) is 1. The van der Waals surface area contributed by atoms with Crippen molar-refractivity contribution in [3.05, 3.63) is 48.5 Å². The fourth-order valence-corrected chi connectivity index (χ4v) is 4.36. The summed E-state index contributed by atoms with van der Waals surface area (Å²) in [5.41, 5.74) is 0.577. The van der Waals surface area contributed by atoms with Gasteiger partial charge in [0.2, 0.25) is 11.8 Å². The van der Waals surface area contributed by atoms with E-state index in [1.165, 1.54) is 0 Å². The van der Waals surface area contributed by atoms with Crippen LogP contribution in [0.15, 0.2) is 43.0 Å². The summed E-state index contributed by atoms with van der Waals surface area (Å²) in [6.07, 6.45) is 8.28. The van der Waals surface area contributed by atoms with Gasteiger partial charge < -0.3 is 19.5 Å². The van der Waals surface area contributed by atoms with Crippen LogP contribution in [0.4, 0.5) is 0 Å². The number of hydrogen-bond acceptors (Lipinski definition) is 4. The van der Waals surface area contributed by atoms with Crippen LogP contribution in [0, 0.1) is 0 Å². The zero-order valence-electron chi connectivity index (χ0n) is 17.0. The number of nitrogens with zero attached hydrogens (tertiary/aromatic N) is 3. The molecule has 2 aliphatic rings. The second-order valence-corrected chi connectivity index (χ2v) is 8.28. The van der Waals surface area contributed by atoms with E-state index in [0.29, 0.717) is 32.2 Å². The molecule has 1 N–H and O–H groups in total. The van der Waals surface area contributed by atoms with Gasteiger partial charge in [-0.3, -0.25) is 9.59 Å². The number of benzene rings is 1. The van der Waals surface area contributed by atoms with E-state index < -0.39 is 5.60 Å². The van der Waals surface area contributed by atoms with Crippen LogP contribution in [-0.2, 0) is 9.59 Å². The number of imidazole rings is 1. The first kappa shape index (κ1) is 19.5. The maximum absolute atomic E-state index is 12.8. The maximum atomic E-state index is 12.8. The molecule has 0 radical (unpaired) electrons. The Morgan fingerprint density at radius 1 is 1.38 bits per heavy atom. The summed E-state index contributed by atoms with van der Waals surface area (Å²) in [5.74, 6) is 0.965. The topological polar surface area (TPSA) is 76.5 Å². The van der Waals surface area contributed by atoms with Crippen molar-refractivity contribution >= 4 is 11.8 Å². The summed E-state index contributed by atoms with van der Waals surface area (Å²) in [6.45, 7) is 2.67. The average Bonchev–Trinajstić information content (AvgIpc) is 3.21. The molecule has 0 aliphatic carbocycles. The highest BCUT2D eigenvalue weighted by Gasteiger charge is 2.43. The van der Waals surface area contributed by atoms with Crippen LogP contribution in [-0.4, -0.2) is 45.5 Å². The lowest BCUT2D eigenvalue weighted by Gasteiger charge is -2.42. The average molecular weight is 396 g/mol. The molecule has 1 aromatic carbocycles. The van der Waals surface area contributed by atoms with Gasteiger partial charge in [-0.1, -0.05) is 18.2 Å². The molecule has 7 heteroatoms. The largest absolute Gasteiger partial charge is 0.487 e. The second kappa shape index (κ2) is 7.89. The smallest absolute Gasteiger partial charge is 0.222 e. The summed E-state index contributed by atoms with van der Waals surface area (Å²) in [5, 5.41) is 3.23. The number of rotatable bonds is 4. The third-order valence-electron chi connectivity index (χ3n) is 6.17. The number of amides is 2. The van der Waals surface area contributed by atoms with Crippen LogP contribution < -0.4 is 10.1 Å². The number of hydrogen-bond donors (Lipinski definition) is 1. The normalized spacial score (nSPS) is 25.1. The number of likely N-dealkylation sites (tertiary alicyclic amines) is 1. The van der Waals surface area contributed by atoms with E-state index in [9.17, 15) is 9.59 Å². The quantitative estimate of drug-likeness (QED) is 0.862. The van der Waals surface area contributed by atoms with Crippen LogP contribution in [0.5, 0.6) is 5.75 Å². The minimum Gasteiger partial charge on any atom is -0.487 e. The Morgan fingerprint density at radius 3 is 3.00 bits per heavy atom. The van der Waals surface area contributed by atoms with Crippen molar-refractivity contribution in [2.24, 2.45) is 0 Å². The van der Waals surface area contributed by atoms with Gasteiger partial charge in [0.1, 0.15) is 11.4 Å². The Balaban J connectivity index is 1.52. The van der Waals surface area contributed by atoms with Crippen LogP contribution in [0.2, 0.25) is 0 Å². The Kier molecular flexibility index (Phi) is 5.30. The first-order valence-electron chi connectivity index (χ1n) is 10.2. The lowest BCUT2D eigenvalue weighted by atomic mass is 9.82. The maximum Gasteiger partial charge on any atom is 0.222 e. The lowest BCUT2D eigenvalue weighted by molar-refractivity contribution is -0.129. The van der Waals surface area contributed by atoms with Gasteiger partial charge in [0.25, 0.3) is 0 Å². The summed E-state index contributed by atoms with van der Waals surface area (Å²) in [6, 6.07) is 7.80. The number of para-hydroxylation sites is 1. The molecule has 0 saturated carbocycles. The molecule has 1 spiro atoms. The highest BCUT2D eigenvalue weighted by Crippen LogP contribution is 2.44. The van der Waals surface area contributed by atoms with E-state index in [2.05, 4.69) is 10.3 Å². The summed E-state index contributed by atoms with van der Waals surface area (Å²) >= 11 is 0. The Morgan fingerprint density at radius 2 is 2.21 bits per heavy atom. The van der Waals surface area contributed by atoms with E-state index in [4.69, 9.17) is 4.74 Å². The third-order valence-corrected chi connectivity index (χ3v) is 6.17. The van der Waals surface area contributed by atoms with Crippen LogP contribution in [0.1, 0.15) is 56.7 Å². The molecule has 1 fully saturated rings. The Labute approximate surface area is 171 Å². The molecule has 3 heterocycles. The van der Waals surface area contributed by atoms with Crippen LogP contribution >= 0.6 is 0 Å². The SMILES string of the molecule is C[C@H](CC(=O)N[C@@H]1C[C@@]2(CCC(=O)N(C)CC2)Oc2ccccc21)n1ccnc1. The zero-order valence-corrected chi connectivity index (χ0v) is 17.0. The van der Waals surface area contributed by atoms with E-state index in [1.54, 1.807) is 17.4 Å². The minimum atomic E-state index is -0.428. The van der Waals surface area contributed by atoms with E-state index in [1.807, 2.05) is 49.0 Å². The Bertz CT molecular complexity index is 882. The number of carbonyl (C=O) groups excluding carboxylic acids is 2. The van der Waals surface area contributed by atoms with Gasteiger partial charge in [-0.2, -0.15) is 0 Å². The van der Waals surface area contributed by atoms with Crippen molar-refractivity contribution in [2.45, 2.75) is 56.7 Å². The number of fused-ring (bicyclic) bond motifs is 1. The van der Waals surface area contributed by atoms with Crippen molar-refractivity contribution in [3.63, 3.8) is 0 Å². The molecular weight excluding hydrogens is 368 g/mol. The van der Waals surface area contributed by atoms with Gasteiger partial charge in [-0.05, 0) is 19.4 Å². The van der Waals surface area contributed by atoms with E-state index in [0.717, 1.165) is 17.7 Å². The molecule has 2 aliphatic heterocycles. The molecule has 29 heavy (non-hydrogen) atoms. The predicted molar refractivity (Wildman–Crippen MR) is 108 cm³/mol. The van der Waals surface area contributed by atoms with Crippen molar-refractivity contribution < 1.29 is 14.3 Å². The molecule has 2 amide bonds. The second-order valence-electron chi connectivity index (χ2n) is 8.28.